The van der Waals surface area contributed by atoms with Crippen LogP contribution in [0.3, 0.4) is 0 Å². The van der Waals surface area contributed by atoms with E-state index in [2.05, 4.69) is 5.32 Å². The quantitative estimate of drug-likeness (QED) is 0.450. The number of morpholine rings is 1. The summed E-state index contributed by atoms with van der Waals surface area (Å²) in [6, 6.07) is 0.681. The number of ether oxygens (including phenoxy) is 1. The van der Waals surface area contributed by atoms with Crippen molar-refractivity contribution in [3.63, 3.8) is 0 Å². The fourth-order valence-electron chi connectivity index (χ4n) is 1.43. The van der Waals surface area contributed by atoms with Gasteiger partial charge >= 0.3 is 11.9 Å². The summed E-state index contributed by atoms with van der Waals surface area (Å²) in [5.41, 5.74) is 0. The van der Waals surface area contributed by atoms with Crippen LogP contribution in [0.5, 0.6) is 0 Å². The van der Waals surface area contributed by atoms with E-state index in [1.54, 1.807) is 0 Å². The van der Waals surface area contributed by atoms with Crippen LogP contribution < -0.4 is 5.32 Å². The third-order valence-electron chi connectivity index (χ3n) is 2.19. The standard InChI is InChI=1S/C6H11NO.C2H2O4/c1-2-6-3-7-5(1)4-8-6;3-1(4)2(5)6/h5-7H,1-4H2;(H,3,4)(H,5,6)/t5-,6-;/m1./s1. The van der Waals surface area contributed by atoms with E-state index in [4.69, 9.17) is 24.5 Å². The van der Waals surface area contributed by atoms with Crippen molar-refractivity contribution in [1.82, 2.24) is 5.32 Å². The molecule has 0 amide bonds. The van der Waals surface area contributed by atoms with Crippen molar-refractivity contribution in [1.29, 1.82) is 0 Å². The molecule has 14 heavy (non-hydrogen) atoms. The molecule has 0 aromatic rings. The van der Waals surface area contributed by atoms with E-state index in [0.29, 0.717) is 12.1 Å². The molecular formula is C8H13NO5. The Kier molecular flexibility index (Phi) is 3.84. The van der Waals surface area contributed by atoms with Crippen molar-refractivity contribution in [3.05, 3.63) is 0 Å². The van der Waals surface area contributed by atoms with E-state index in [1.165, 1.54) is 12.8 Å². The van der Waals surface area contributed by atoms with Gasteiger partial charge in [-0.25, -0.2) is 9.59 Å². The molecule has 3 heterocycles. The monoisotopic (exact) mass is 203 g/mol. The van der Waals surface area contributed by atoms with Gasteiger partial charge in [-0.3, -0.25) is 0 Å². The van der Waals surface area contributed by atoms with E-state index in [1.807, 2.05) is 0 Å². The Morgan fingerprint density at radius 2 is 1.86 bits per heavy atom. The van der Waals surface area contributed by atoms with E-state index >= 15 is 0 Å². The fraction of sp³-hybridized carbons (Fsp3) is 0.750. The largest absolute Gasteiger partial charge is 0.473 e. The summed E-state index contributed by atoms with van der Waals surface area (Å²) < 4.78 is 5.41. The van der Waals surface area contributed by atoms with Gasteiger partial charge in [0.25, 0.3) is 0 Å². The van der Waals surface area contributed by atoms with Crippen LogP contribution in [-0.2, 0) is 14.3 Å². The lowest BCUT2D eigenvalue weighted by molar-refractivity contribution is -0.159. The van der Waals surface area contributed by atoms with Crippen LogP contribution >= 0.6 is 0 Å². The number of rotatable bonds is 0. The topological polar surface area (TPSA) is 95.9 Å². The summed E-state index contributed by atoms with van der Waals surface area (Å²) >= 11 is 0. The van der Waals surface area contributed by atoms with E-state index in [-0.39, 0.29) is 0 Å². The number of hydrogen-bond acceptors (Lipinski definition) is 4. The highest BCUT2D eigenvalue weighted by Gasteiger charge is 2.26. The number of fused-ring (bicyclic) bond motifs is 3. The lowest BCUT2D eigenvalue weighted by atomic mass is 10.0. The smallest absolute Gasteiger partial charge is 0.414 e. The van der Waals surface area contributed by atoms with Crippen LogP contribution in [0.2, 0.25) is 0 Å². The third-order valence-corrected chi connectivity index (χ3v) is 2.19. The van der Waals surface area contributed by atoms with Crippen molar-refractivity contribution < 1.29 is 24.5 Å². The first kappa shape index (κ1) is 10.9. The molecule has 3 saturated heterocycles. The van der Waals surface area contributed by atoms with Crippen LogP contribution in [0, 0.1) is 0 Å². The van der Waals surface area contributed by atoms with Crippen molar-refractivity contribution >= 4 is 11.9 Å². The van der Waals surface area contributed by atoms with Gasteiger partial charge in [0, 0.05) is 12.6 Å². The molecule has 80 valence electrons. The van der Waals surface area contributed by atoms with E-state index in [9.17, 15) is 0 Å². The van der Waals surface area contributed by atoms with Crippen molar-refractivity contribution in [3.8, 4) is 0 Å². The molecule has 3 N–H and O–H groups in total. The molecule has 6 nitrogen and oxygen atoms in total. The molecule has 3 aliphatic heterocycles. The predicted molar refractivity (Wildman–Crippen MR) is 46.0 cm³/mol. The zero-order valence-electron chi connectivity index (χ0n) is 7.60. The molecule has 0 spiro atoms. The first-order valence-electron chi connectivity index (χ1n) is 4.41. The molecule has 2 atom stereocenters. The summed E-state index contributed by atoms with van der Waals surface area (Å²) in [7, 11) is 0. The Morgan fingerprint density at radius 3 is 1.93 bits per heavy atom. The summed E-state index contributed by atoms with van der Waals surface area (Å²) in [5.74, 6) is -3.65. The van der Waals surface area contributed by atoms with E-state index < -0.39 is 11.9 Å². The molecule has 3 rings (SSSR count). The van der Waals surface area contributed by atoms with Crippen molar-refractivity contribution in [2.24, 2.45) is 0 Å². The molecule has 6 heteroatoms. The molecule has 0 saturated carbocycles. The van der Waals surface area contributed by atoms with Crippen LogP contribution in [0.15, 0.2) is 0 Å². The molecule has 0 aliphatic carbocycles. The average Bonchev–Trinajstić information content (AvgIpc) is 2.21. The highest BCUT2D eigenvalue weighted by atomic mass is 16.5. The summed E-state index contributed by atoms with van der Waals surface area (Å²) in [4.78, 5) is 18.2. The lowest BCUT2D eigenvalue weighted by Crippen LogP contribution is -2.51. The SMILES string of the molecule is C1C[C@@H]2CN[C@H]1CO2.O=C(O)C(=O)O. The number of nitrogens with one attached hydrogen (secondary N) is 1. The Morgan fingerprint density at radius 1 is 1.21 bits per heavy atom. The summed E-state index contributed by atoms with van der Waals surface area (Å²) in [6.45, 7) is 2.04. The van der Waals surface area contributed by atoms with Gasteiger partial charge in [-0.2, -0.15) is 0 Å². The number of carboxylic acid groups (broad SMARTS) is 2. The molecule has 0 radical (unpaired) electrons. The fourth-order valence-corrected chi connectivity index (χ4v) is 1.43. The van der Waals surface area contributed by atoms with Crippen molar-refractivity contribution in [2.45, 2.75) is 25.0 Å². The lowest BCUT2D eigenvalue weighted by Gasteiger charge is -2.36. The number of carbonyl (C=O) groups is 2. The first-order chi connectivity index (χ1) is 6.59. The molecule has 0 unspecified atom stereocenters. The van der Waals surface area contributed by atoms with Gasteiger partial charge < -0.3 is 20.3 Å². The average molecular weight is 203 g/mol. The number of carboxylic acids is 2. The van der Waals surface area contributed by atoms with Crippen LogP contribution in [-0.4, -0.2) is 47.4 Å². The van der Waals surface area contributed by atoms with Crippen LogP contribution in [0.25, 0.3) is 0 Å². The summed E-state index contributed by atoms with van der Waals surface area (Å²) in [5, 5.41) is 18.2. The first-order valence-corrected chi connectivity index (χ1v) is 4.41. The minimum Gasteiger partial charge on any atom is -0.473 e. The highest BCUT2D eigenvalue weighted by Crippen LogP contribution is 2.17. The normalized spacial score (nSPS) is 28.9. The number of piperidine rings is 1. The minimum absolute atomic E-state index is 0.542. The molecule has 2 bridgehead atoms. The van der Waals surface area contributed by atoms with Gasteiger partial charge in [-0.1, -0.05) is 0 Å². The predicted octanol–water partition coefficient (Wildman–Crippen LogP) is -0.707. The van der Waals surface area contributed by atoms with Crippen LogP contribution in [0.1, 0.15) is 12.8 Å². The molecular weight excluding hydrogens is 190 g/mol. The second-order valence-electron chi connectivity index (χ2n) is 3.25. The number of hydrogen-bond donors (Lipinski definition) is 3. The van der Waals surface area contributed by atoms with Crippen LogP contribution in [0.4, 0.5) is 0 Å². The Bertz CT molecular complexity index is 187. The van der Waals surface area contributed by atoms with Crippen molar-refractivity contribution in [2.75, 3.05) is 13.2 Å². The zero-order chi connectivity index (χ0) is 10.6. The maximum absolute atomic E-state index is 9.10. The maximum Gasteiger partial charge on any atom is 0.414 e. The third kappa shape index (κ3) is 3.31. The Labute approximate surface area is 80.9 Å². The van der Waals surface area contributed by atoms with Gasteiger partial charge in [0.05, 0.1) is 12.7 Å². The van der Waals surface area contributed by atoms with E-state index in [0.717, 1.165) is 13.2 Å². The van der Waals surface area contributed by atoms with Gasteiger partial charge in [0.2, 0.25) is 0 Å². The minimum atomic E-state index is -1.82. The Balaban J connectivity index is 0.000000149. The zero-order valence-corrected chi connectivity index (χ0v) is 7.60. The summed E-state index contributed by atoms with van der Waals surface area (Å²) in [6.07, 6.45) is 3.14. The second kappa shape index (κ2) is 4.92. The van der Waals surface area contributed by atoms with Gasteiger partial charge in [-0.15, -0.1) is 0 Å². The van der Waals surface area contributed by atoms with Gasteiger partial charge in [-0.05, 0) is 12.8 Å². The second-order valence-corrected chi connectivity index (χ2v) is 3.25. The molecule has 0 aromatic carbocycles. The maximum atomic E-state index is 9.10. The molecule has 3 aliphatic rings. The number of aliphatic carboxylic acids is 2. The van der Waals surface area contributed by atoms with Gasteiger partial charge in [0.15, 0.2) is 0 Å². The molecule has 0 aromatic heterocycles. The van der Waals surface area contributed by atoms with Gasteiger partial charge in [0.1, 0.15) is 0 Å². The highest BCUT2D eigenvalue weighted by molar-refractivity contribution is 6.27. The Hall–Kier alpha value is -1.14. The molecule has 3 fully saturated rings.